The van der Waals surface area contributed by atoms with Crippen molar-refractivity contribution in [2.24, 2.45) is 11.8 Å². The second-order valence-corrected chi connectivity index (χ2v) is 5.07. The van der Waals surface area contributed by atoms with E-state index in [0.29, 0.717) is 6.04 Å². The molecular weight excluding hydrogens is 208 g/mol. The van der Waals surface area contributed by atoms with Gasteiger partial charge in [0.1, 0.15) is 5.75 Å². The minimum Gasteiger partial charge on any atom is -0.496 e. The van der Waals surface area contributed by atoms with E-state index < -0.39 is 0 Å². The van der Waals surface area contributed by atoms with Gasteiger partial charge in [-0.1, -0.05) is 12.8 Å². The Bertz CT molecular complexity index is 309. The number of hydrazine groups is 1. The lowest BCUT2D eigenvalue weighted by molar-refractivity contribution is 0.415. The molecule has 1 saturated carbocycles. The molecule has 0 bridgehead atoms. The first kappa shape index (κ1) is 10.9. The molecular formula is C11H18N2OS. The normalized spacial score (nSPS) is 17.7. The largest absolute Gasteiger partial charge is 0.496 e. The Morgan fingerprint density at radius 2 is 2.47 bits per heavy atom. The Labute approximate surface area is 94.6 Å². The summed E-state index contributed by atoms with van der Waals surface area (Å²) in [7, 11) is 1.70. The molecule has 3 nitrogen and oxygen atoms in total. The second kappa shape index (κ2) is 4.96. The number of hydrogen-bond donors (Lipinski definition) is 2. The molecule has 1 unspecified atom stereocenters. The van der Waals surface area contributed by atoms with E-state index in [1.165, 1.54) is 24.1 Å². The third-order valence-electron chi connectivity index (χ3n) is 2.94. The Hall–Kier alpha value is -0.580. The van der Waals surface area contributed by atoms with Crippen molar-refractivity contribution < 1.29 is 4.74 Å². The molecule has 3 N–H and O–H groups in total. The first-order valence-electron chi connectivity index (χ1n) is 5.42. The van der Waals surface area contributed by atoms with Gasteiger partial charge in [-0.2, -0.15) is 0 Å². The second-order valence-electron chi connectivity index (χ2n) is 4.13. The summed E-state index contributed by atoms with van der Waals surface area (Å²) in [5.41, 5.74) is 2.89. The van der Waals surface area contributed by atoms with Crippen LogP contribution in [0, 0.1) is 5.92 Å². The van der Waals surface area contributed by atoms with Crippen LogP contribution in [0.1, 0.15) is 36.6 Å². The van der Waals surface area contributed by atoms with Crippen molar-refractivity contribution in [3.05, 3.63) is 16.3 Å². The summed E-state index contributed by atoms with van der Waals surface area (Å²) in [6, 6.07) is 2.36. The molecule has 0 aromatic carbocycles. The van der Waals surface area contributed by atoms with Gasteiger partial charge in [0, 0.05) is 10.3 Å². The Kier molecular flexibility index (Phi) is 3.61. The highest BCUT2D eigenvalue weighted by Crippen LogP contribution is 2.37. The molecule has 1 aromatic rings. The molecule has 1 aromatic heterocycles. The molecule has 1 aliphatic carbocycles. The summed E-state index contributed by atoms with van der Waals surface area (Å²) < 4.78 is 5.17. The van der Waals surface area contributed by atoms with Crippen molar-refractivity contribution in [1.82, 2.24) is 5.43 Å². The van der Waals surface area contributed by atoms with E-state index in [2.05, 4.69) is 11.5 Å². The fourth-order valence-electron chi connectivity index (χ4n) is 1.74. The molecule has 84 valence electrons. The third kappa shape index (κ3) is 2.93. The topological polar surface area (TPSA) is 47.3 Å². The van der Waals surface area contributed by atoms with Crippen LogP contribution in [-0.2, 0) is 0 Å². The van der Waals surface area contributed by atoms with E-state index in [9.17, 15) is 0 Å². The first-order chi connectivity index (χ1) is 7.33. The van der Waals surface area contributed by atoms with Crippen LogP contribution in [0.5, 0.6) is 5.75 Å². The van der Waals surface area contributed by atoms with E-state index in [1.807, 2.05) is 5.38 Å². The molecule has 15 heavy (non-hydrogen) atoms. The summed E-state index contributed by atoms with van der Waals surface area (Å²) >= 11 is 1.71. The van der Waals surface area contributed by atoms with Crippen molar-refractivity contribution in [2.75, 3.05) is 7.11 Å². The monoisotopic (exact) mass is 226 g/mol. The van der Waals surface area contributed by atoms with Gasteiger partial charge in [-0.15, -0.1) is 11.3 Å². The average molecular weight is 226 g/mol. The molecule has 2 rings (SSSR count). The first-order valence-corrected chi connectivity index (χ1v) is 6.30. The maximum Gasteiger partial charge on any atom is 0.129 e. The lowest BCUT2D eigenvalue weighted by Gasteiger charge is -2.13. The number of nitrogens with one attached hydrogen (secondary N) is 1. The molecule has 1 atom stereocenters. The zero-order valence-corrected chi connectivity index (χ0v) is 9.85. The van der Waals surface area contributed by atoms with Gasteiger partial charge < -0.3 is 4.74 Å². The molecule has 1 heterocycles. The zero-order valence-electron chi connectivity index (χ0n) is 9.03. The smallest absolute Gasteiger partial charge is 0.129 e. The van der Waals surface area contributed by atoms with Crippen molar-refractivity contribution in [3.8, 4) is 5.75 Å². The van der Waals surface area contributed by atoms with Crippen molar-refractivity contribution in [2.45, 2.75) is 31.7 Å². The number of thiophene rings is 1. The molecule has 0 aliphatic heterocycles. The summed E-state index contributed by atoms with van der Waals surface area (Å²) in [5, 5.41) is 2.02. The molecule has 1 fully saturated rings. The Morgan fingerprint density at radius 1 is 1.67 bits per heavy atom. The van der Waals surface area contributed by atoms with Gasteiger partial charge in [0.2, 0.25) is 0 Å². The number of hydrogen-bond acceptors (Lipinski definition) is 4. The van der Waals surface area contributed by atoms with Crippen LogP contribution in [0.4, 0.5) is 0 Å². The standard InChI is InChI=1S/C11H18N2OS/c1-14-9-6-11(15-7-9)10(13-12)5-4-8-2-3-8/h6-8,10,13H,2-5,12H2,1H3. The summed E-state index contributed by atoms with van der Waals surface area (Å²) in [5.74, 6) is 7.47. The highest BCUT2D eigenvalue weighted by Gasteiger charge is 2.23. The average Bonchev–Trinajstić information content (AvgIpc) is 2.96. The van der Waals surface area contributed by atoms with Gasteiger partial charge in [-0.3, -0.25) is 11.3 Å². The van der Waals surface area contributed by atoms with Gasteiger partial charge in [0.05, 0.1) is 13.2 Å². The highest BCUT2D eigenvalue weighted by molar-refractivity contribution is 7.10. The van der Waals surface area contributed by atoms with E-state index in [0.717, 1.165) is 18.1 Å². The van der Waals surface area contributed by atoms with Crippen molar-refractivity contribution >= 4 is 11.3 Å². The van der Waals surface area contributed by atoms with Crippen LogP contribution in [0.25, 0.3) is 0 Å². The minimum atomic E-state index is 0.291. The summed E-state index contributed by atoms with van der Waals surface area (Å²) in [6.45, 7) is 0. The molecule has 0 amide bonds. The number of ether oxygens (including phenoxy) is 1. The zero-order chi connectivity index (χ0) is 10.7. The minimum absolute atomic E-state index is 0.291. The molecule has 1 aliphatic rings. The van der Waals surface area contributed by atoms with Crippen LogP contribution in [-0.4, -0.2) is 7.11 Å². The fourth-order valence-corrected chi connectivity index (χ4v) is 2.69. The van der Waals surface area contributed by atoms with Crippen LogP contribution >= 0.6 is 11.3 Å². The van der Waals surface area contributed by atoms with Crippen LogP contribution < -0.4 is 16.0 Å². The van der Waals surface area contributed by atoms with E-state index in [1.54, 1.807) is 18.4 Å². The van der Waals surface area contributed by atoms with Gasteiger partial charge >= 0.3 is 0 Å². The highest BCUT2D eigenvalue weighted by atomic mass is 32.1. The van der Waals surface area contributed by atoms with Crippen LogP contribution in [0.2, 0.25) is 0 Å². The fraction of sp³-hybridized carbons (Fsp3) is 0.636. The molecule has 0 radical (unpaired) electrons. The van der Waals surface area contributed by atoms with Gasteiger partial charge in [-0.25, -0.2) is 0 Å². The predicted molar refractivity (Wildman–Crippen MR) is 62.9 cm³/mol. The lowest BCUT2D eigenvalue weighted by Crippen LogP contribution is -2.27. The van der Waals surface area contributed by atoms with E-state index in [-0.39, 0.29) is 0 Å². The van der Waals surface area contributed by atoms with E-state index in [4.69, 9.17) is 10.6 Å². The van der Waals surface area contributed by atoms with E-state index >= 15 is 0 Å². The van der Waals surface area contributed by atoms with Gasteiger partial charge in [0.15, 0.2) is 0 Å². The van der Waals surface area contributed by atoms with Crippen molar-refractivity contribution in [1.29, 1.82) is 0 Å². The Balaban J connectivity index is 1.91. The summed E-state index contributed by atoms with van der Waals surface area (Å²) in [6.07, 6.45) is 5.23. The number of rotatable bonds is 6. The number of nitrogens with two attached hydrogens (primary N) is 1. The Morgan fingerprint density at radius 3 is 3.00 bits per heavy atom. The van der Waals surface area contributed by atoms with Crippen molar-refractivity contribution in [3.63, 3.8) is 0 Å². The van der Waals surface area contributed by atoms with Crippen LogP contribution in [0.3, 0.4) is 0 Å². The van der Waals surface area contributed by atoms with Crippen LogP contribution in [0.15, 0.2) is 11.4 Å². The molecule has 0 saturated heterocycles. The quantitative estimate of drug-likeness (QED) is 0.578. The maximum absolute atomic E-state index is 5.58. The van der Waals surface area contributed by atoms with Gasteiger partial charge in [-0.05, 0) is 24.8 Å². The van der Waals surface area contributed by atoms with Gasteiger partial charge in [0.25, 0.3) is 0 Å². The third-order valence-corrected chi connectivity index (χ3v) is 3.96. The SMILES string of the molecule is COc1csc(C(CCC2CC2)NN)c1. The lowest BCUT2D eigenvalue weighted by atomic mass is 10.1. The maximum atomic E-state index is 5.58. The predicted octanol–water partition coefficient (Wildman–Crippen LogP) is 2.45. The molecule has 0 spiro atoms. The summed E-state index contributed by atoms with van der Waals surface area (Å²) in [4.78, 5) is 1.27. The number of methoxy groups -OCH3 is 1. The molecule has 4 heteroatoms.